The summed E-state index contributed by atoms with van der Waals surface area (Å²) < 4.78 is 2.00. The van der Waals surface area contributed by atoms with Gasteiger partial charge in [-0.1, -0.05) is 36.7 Å². The van der Waals surface area contributed by atoms with E-state index in [-0.39, 0.29) is 0 Å². The van der Waals surface area contributed by atoms with Crippen molar-refractivity contribution in [3.8, 4) is 0 Å². The van der Waals surface area contributed by atoms with Crippen LogP contribution in [0.15, 0.2) is 6.07 Å². The standard InChI is InChI=1S/C12H21BrN2/c1-9(2)12(4,8-13)7-11-6-10(3)14-15(11)5/h6,9H,7-8H2,1-5H3. The minimum atomic E-state index is 0.306. The molecule has 0 bridgehead atoms. The van der Waals surface area contributed by atoms with Crippen molar-refractivity contribution in [3.63, 3.8) is 0 Å². The fourth-order valence-corrected chi connectivity index (χ4v) is 2.49. The molecule has 86 valence electrons. The molecule has 0 radical (unpaired) electrons. The highest BCUT2D eigenvalue weighted by molar-refractivity contribution is 9.09. The van der Waals surface area contributed by atoms with E-state index in [2.05, 4.69) is 47.9 Å². The highest BCUT2D eigenvalue weighted by Gasteiger charge is 2.28. The van der Waals surface area contributed by atoms with Gasteiger partial charge in [0.2, 0.25) is 0 Å². The van der Waals surface area contributed by atoms with E-state index in [4.69, 9.17) is 0 Å². The molecule has 0 aliphatic heterocycles. The van der Waals surface area contributed by atoms with Crippen molar-refractivity contribution in [2.75, 3.05) is 5.33 Å². The smallest absolute Gasteiger partial charge is 0.0596 e. The molecule has 15 heavy (non-hydrogen) atoms. The van der Waals surface area contributed by atoms with E-state index < -0.39 is 0 Å². The number of nitrogens with zero attached hydrogens (tertiary/aromatic N) is 2. The third-order valence-corrected chi connectivity index (χ3v) is 4.66. The molecule has 1 aromatic heterocycles. The lowest BCUT2D eigenvalue weighted by Gasteiger charge is -2.31. The maximum Gasteiger partial charge on any atom is 0.0596 e. The molecule has 1 heterocycles. The van der Waals surface area contributed by atoms with Gasteiger partial charge in [-0.05, 0) is 30.7 Å². The van der Waals surface area contributed by atoms with Gasteiger partial charge in [0.15, 0.2) is 0 Å². The molecule has 0 saturated heterocycles. The maximum atomic E-state index is 4.39. The van der Waals surface area contributed by atoms with Crippen molar-refractivity contribution in [1.82, 2.24) is 9.78 Å². The first kappa shape index (κ1) is 12.8. The van der Waals surface area contributed by atoms with Gasteiger partial charge < -0.3 is 0 Å². The zero-order valence-corrected chi connectivity index (χ0v) is 11.9. The number of halogens is 1. The van der Waals surface area contributed by atoms with Gasteiger partial charge in [-0.25, -0.2) is 0 Å². The van der Waals surface area contributed by atoms with E-state index in [1.54, 1.807) is 0 Å². The Morgan fingerprint density at radius 1 is 1.53 bits per heavy atom. The molecule has 3 heteroatoms. The van der Waals surface area contributed by atoms with E-state index in [0.717, 1.165) is 17.4 Å². The molecule has 0 saturated carbocycles. The van der Waals surface area contributed by atoms with Gasteiger partial charge in [0, 0.05) is 18.1 Å². The SMILES string of the molecule is Cc1cc(CC(C)(CBr)C(C)C)n(C)n1. The number of hydrogen-bond acceptors (Lipinski definition) is 1. The highest BCUT2D eigenvalue weighted by atomic mass is 79.9. The lowest BCUT2D eigenvalue weighted by atomic mass is 9.77. The summed E-state index contributed by atoms with van der Waals surface area (Å²) in [5.41, 5.74) is 2.73. The number of aryl methyl sites for hydroxylation is 2. The summed E-state index contributed by atoms with van der Waals surface area (Å²) in [5, 5.41) is 5.42. The van der Waals surface area contributed by atoms with E-state index in [0.29, 0.717) is 11.3 Å². The zero-order chi connectivity index (χ0) is 11.6. The van der Waals surface area contributed by atoms with Crippen LogP contribution in [0.25, 0.3) is 0 Å². The molecule has 0 N–H and O–H groups in total. The molecule has 2 nitrogen and oxygen atoms in total. The Morgan fingerprint density at radius 2 is 2.13 bits per heavy atom. The zero-order valence-electron chi connectivity index (χ0n) is 10.3. The normalized spacial score (nSPS) is 15.7. The van der Waals surface area contributed by atoms with Crippen molar-refractivity contribution >= 4 is 15.9 Å². The maximum absolute atomic E-state index is 4.39. The Bertz CT molecular complexity index is 330. The van der Waals surface area contributed by atoms with Crippen molar-refractivity contribution in [2.24, 2.45) is 18.4 Å². The monoisotopic (exact) mass is 272 g/mol. The summed E-state index contributed by atoms with van der Waals surface area (Å²) in [4.78, 5) is 0. The third-order valence-electron chi connectivity index (χ3n) is 3.38. The van der Waals surface area contributed by atoms with Crippen molar-refractivity contribution < 1.29 is 0 Å². The second-order valence-electron chi connectivity index (χ2n) is 5.02. The van der Waals surface area contributed by atoms with E-state index in [1.807, 2.05) is 18.7 Å². The molecule has 1 rings (SSSR count). The molecule has 0 aliphatic carbocycles. The Labute approximate surface area is 101 Å². The molecular weight excluding hydrogens is 252 g/mol. The lowest BCUT2D eigenvalue weighted by molar-refractivity contribution is 0.252. The topological polar surface area (TPSA) is 17.8 Å². The highest BCUT2D eigenvalue weighted by Crippen LogP contribution is 2.33. The lowest BCUT2D eigenvalue weighted by Crippen LogP contribution is -2.29. The van der Waals surface area contributed by atoms with Crippen LogP contribution in [0.4, 0.5) is 0 Å². The molecule has 1 unspecified atom stereocenters. The number of rotatable bonds is 4. The van der Waals surface area contributed by atoms with Crippen LogP contribution >= 0.6 is 15.9 Å². The number of alkyl halides is 1. The molecule has 1 atom stereocenters. The molecule has 0 aromatic carbocycles. The van der Waals surface area contributed by atoms with E-state index in [1.165, 1.54) is 5.69 Å². The number of hydrogen-bond donors (Lipinski definition) is 0. The summed E-state index contributed by atoms with van der Waals surface area (Å²) in [6.07, 6.45) is 1.08. The average molecular weight is 273 g/mol. The second kappa shape index (κ2) is 4.69. The van der Waals surface area contributed by atoms with E-state index >= 15 is 0 Å². The van der Waals surface area contributed by atoms with Crippen molar-refractivity contribution in [1.29, 1.82) is 0 Å². The van der Waals surface area contributed by atoms with Gasteiger partial charge in [-0.2, -0.15) is 5.10 Å². The molecular formula is C12H21BrN2. The first-order chi connectivity index (χ1) is 6.89. The summed E-state index contributed by atoms with van der Waals surface area (Å²) >= 11 is 3.63. The summed E-state index contributed by atoms with van der Waals surface area (Å²) in [7, 11) is 2.03. The molecule has 0 aliphatic rings. The van der Waals surface area contributed by atoms with Crippen molar-refractivity contribution in [3.05, 3.63) is 17.5 Å². The van der Waals surface area contributed by atoms with Crippen LogP contribution in [-0.2, 0) is 13.5 Å². The van der Waals surface area contributed by atoms with E-state index in [9.17, 15) is 0 Å². The Balaban J connectivity index is 2.88. The minimum Gasteiger partial charge on any atom is -0.272 e. The number of aromatic nitrogens is 2. The van der Waals surface area contributed by atoms with Gasteiger partial charge in [0.25, 0.3) is 0 Å². The predicted octanol–water partition coefficient (Wildman–Crippen LogP) is 3.33. The van der Waals surface area contributed by atoms with Crippen LogP contribution in [0.2, 0.25) is 0 Å². The molecule has 0 spiro atoms. The van der Waals surface area contributed by atoms with Gasteiger partial charge in [0.05, 0.1) is 5.69 Å². The molecule has 1 aromatic rings. The van der Waals surface area contributed by atoms with Crippen LogP contribution < -0.4 is 0 Å². The quantitative estimate of drug-likeness (QED) is 0.769. The van der Waals surface area contributed by atoms with Crippen LogP contribution in [0.5, 0.6) is 0 Å². The Morgan fingerprint density at radius 3 is 2.47 bits per heavy atom. The largest absolute Gasteiger partial charge is 0.272 e. The van der Waals surface area contributed by atoms with Gasteiger partial charge in [-0.15, -0.1) is 0 Å². The van der Waals surface area contributed by atoms with Gasteiger partial charge in [-0.3, -0.25) is 4.68 Å². The van der Waals surface area contributed by atoms with Crippen LogP contribution in [-0.4, -0.2) is 15.1 Å². The average Bonchev–Trinajstić information content (AvgIpc) is 2.44. The van der Waals surface area contributed by atoms with Crippen LogP contribution in [0.1, 0.15) is 32.2 Å². The summed E-state index contributed by atoms with van der Waals surface area (Å²) in [5.74, 6) is 0.659. The fraction of sp³-hybridized carbons (Fsp3) is 0.750. The third kappa shape index (κ3) is 2.83. The fourth-order valence-electron chi connectivity index (χ4n) is 1.65. The minimum absolute atomic E-state index is 0.306. The van der Waals surface area contributed by atoms with Crippen LogP contribution in [0, 0.1) is 18.3 Å². The van der Waals surface area contributed by atoms with Gasteiger partial charge in [0.1, 0.15) is 0 Å². The second-order valence-corrected chi connectivity index (χ2v) is 5.58. The molecule has 0 amide bonds. The van der Waals surface area contributed by atoms with Gasteiger partial charge >= 0.3 is 0 Å². The summed E-state index contributed by atoms with van der Waals surface area (Å²) in [6.45, 7) is 8.94. The first-order valence-electron chi connectivity index (χ1n) is 5.44. The van der Waals surface area contributed by atoms with Crippen LogP contribution in [0.3, 0.4) is 0 Å². The first-order valence-corrected chi connectivity index (χ1v) is 6.56. The predicted molar refractivity (Wildman–Crippen MR) is 68.4 cm³/mol. The molecule has 0 fully saturated rings. The Kier molecular flexibility index (Phi) is 3.99. The Hall–Kier alpha value is -0.310. The summed E-state index contributed by atoms with van der Waals surface area (Å²) in [6, 6.07) is 2.18. The van der Waals surface area contributed by atoms with Crippen molar-refractivity contribution in [2.45, 2.75) is 34.1 Å².